The Labute approximate surface area is 120 Å². The van der Waals surface area contributed by atoms with Crippen LogP contribution in [0.2, 0.25) is 0 Å². The minimum atomic E-state index is -0.866. The highest BCUT2D eigenvalue weighted by Gasteiger charge is 2.31. The highest BCUT2D eigenvalue weighted by Crippen LogP contribution is 2.16. The van der Waals surface area contributed by atoms with Crippen molar-refractivity contribution in [2.45, 2.75) is 6.04 Å². The van der Waals surface area contributed by atoms with E-state index in [0.29, 0.717) is 25.7 Å². The van der Waals surface area contributed by atoms with E-state index in [4.69, 9.17) is 0 Å². The molecule has 1 aliphatic heterocycles. The van der Waals surface area contributed by atoms with Crippen molar-refractivity contribution in [2.24, 2.45) is 0 Å². The predicted molar refractivity (Wildman–Crippen MR) is 72.8 cm³/mol. The molecule has 1 aliphatic rings. The van der Waals surface area contributed by atoms with Crippen LogP contribution in [0, 0.1) is 11.6 Å². The van der Waals surface area contributed by atoms with Crippen molar-refractivity contribution in [1.29, 1.82) is 0 Å². The van der Waals surface area contributed by atoms with E-state index in [1.54, 1.807) is 0 Å². The van der Waals surface area contributed by atoms with Crippen LogP contribution in [-0.2, 0) is 4.79 Å². The third kappa shape index (κ3) is 3.46. The Morgan fingerprint density at radius 2 is 2.14 bits per heavy atom. The van der Waals surface area contributed by atoms with Crippen molar-refractivity contribution in [3.05, 3.63) is 29.8 Å². The van der Waals surface area contributed by atoms with Gasteiger partial charge in [0.25, 0.3) is 0 Å². The van der Waals surface area contributed by atoms with E-state index in [1.807, 2.05) is 0 Å². The molecule has 0 aromatic heterocycles. The smallest absolute Gasteiger partial charge is 0.322 e. The van der Waals surface area contributed by atoms with Crippen LogP contribution < -0.4 is 16.0 Å². The van der Waals surface area contributed by atoms with Gasteiger partial charge in [0, 0.05) is 32.7 Å². The number of rotatable bonds is 2. The quantitative estimate of drug-likeness (QED) is 0.745. The molecule has 3 N–H and O–H groups in total. The van der Waals surface area contributed by atoms with Gasteiger partial charge < -0.3 is 20.9 Å². The third-order valence-electron chi connectivity index (χ3n) is 3.23. The average molecular weight is 298 g/mol. The average Bonchev–Trinajstić information content (AvgIpc) is 2.49. The number of benzene rings is 1. The number of carbonyl (C=O) groups excluding carboxylic acids is 2. The lowest BCUT2D eigenvalue weighted by molar-refractivity contribution is -0.125. The zero-order valence-electron chi connectivity index (χ0n) is 11.5. The largest absolute Gasteiger partial charge is 0.357 e. The highest BCUT2D eigenvalue weighted by molar-refractivity contribution is 5.94. The Balaban J connectivity index is 2.12. The molecule has 1 aromatic rings. The van der Waals surface area contributed by atoms with Crippen LogP contribution in [0.4, 0.5) is 19.3 Å². The molecule has 1 heterocycles. The van der Waals surface area contributed by atoms with E-state index in [2.05, 4.69) is 16.0 Å². The molecule has 3 amide bonds. The van der Waals surface area contributed by atoms with Gasteiger partial charge in [0.2, 0.25) is 5.91 Å². The Morgan fingerprint density at radius 1 is 1.38 bits per heavy atom. The lowest BCUT2D eigenvalue weighted by atomic mass is 10.2. The molecular formula is C13H16F2N4O2. The summed E-state index contributed by atoms with van der Waals surface area (Å²) in [4.78, 5) is 25.2. The summed E-state index contributed by atoms with van der Waals surface area (Å²) in [7, 11) is 1.48. The van der Waals surface area contributed by atoms with Crippen LogP contribution >= 0.6 is 0 Å². The van der Waals surface area contributed by atoms with Crippen molar-refractivity contribution in [2.75, 3.05) is 32.0 Å². The molecule has 8 heteroatoms. The zero-order valence-corrected chi connectivity index (χ0v) is 11.5. The molecule has 1 aromatic carbocycles. The minimum Gasteiger partial charge on any atom is -0.357 e. The molecule has 21 heavy (non-hydrogen) atoms. The first-order chi connectivity index (χ1) is 10.0. The van der Waals surface area contributed by atoms with Gasteiger partial charge in [-0.1, -0.05) is 0 Å². The maximum atomic E-state index is 13.5. The number of halogens is 2. The SMILES string of the molecule is CNC(=O)C1CNCCN1C(=O)Nc1ccc(F)cc1F. The summed E-state index contributed by atoms with van der Waals surface area (Å²) in [6.07, 6.45) is 0. The van der Waals surface area contributed by atoms with Gasteiger partial charge in [-0.25, -0.2) is 13.6 Å². The summed E-state index contributed by atoms with van der Waals surface area (Å²) in [5.41, 5.74) is -0.129. The Kier molecular flexibility index (Phi) is 4.69. The second-order valence-electron chi connectivity index (χ2n) is 4.58. The number of likely N-dealkylation sites (N-methyl/N-ethyl adjacent to an activating group) is 1. The molecule has 1 saturated heterocycles. The van der Waals surface area contributed by atoms with Crippen molar-refractivity contribution in [1.82, 2.24) is 15.5 Å². The number of hydrogen-bond acceptors (Lipinski definition) is 3. The number of amides is 3. The highest BCUT2D eigenvalue weighted by atomic mass is 19.1. The van der Waals surface area contributed by atoms with Crippen LogP contribution in [0.3, 0.4) is 0 Å². The number of urea groups is 1. The van der Waals surface area contributed by atoms with Gasteiger partial charge in [-0.05, 0) is 12.1 Å². The molecule has 2 rings (SSSR count). The summed E-state index contributed by atoms with van der Waals surface area (Å²) in [5.74, 6) is -1.90. The Hall–Kier alpha value is -2.22. The van der Waals surface area contributed by atoms with Crippen molar-refractivity contribution in [3.8, 4) is 0 Å². The number of nitrogens with one attached hydrogen (secondary N) is 3. The summed E-state index contributed by atoms with van der Waals surface area (Å²) in [5, 5.41) is 7.84. The van der Waals surface area contributed by atoms with E-state index >= 15 is 0 Å². The number of hydrogen-bond donors (Lipinski definition) is 3. The van der Waals surface area contributed by atoms with Gasteiger partial charge in [0.05, 0.1) is 5.69 Å². The van der Waals surface area contributed by atoms with E-state index in [0.717, 1.165) is 12.1 Å². The molecule has 1 unspecified atom stereocenters. The number of carbonyl (C=O) groups is 2. The van der Waals surface area contributed by atoms with Crippen molar-refractivity contribution < 1.29 is 18.4 Å². The van der Waals surface area contributed by atoms with Crippen molar-refractivity contribution in [3.63, 3.8) is 0 Å². The molecule has 0 bridgehead atoms. The monoisotopic (exact) mass is 298 g/mol. The zero-order chi connectivity index (χ0) is 15.4. The summed E-state index contributed by atoms with van der Waals surface area (Å²) in [6.45, 7) is 1.17. The standard InChI is InChI=1S/C13H16F2N4O2/c1-16-12(20)11-7-17-4-5-19(11)13(21)18-10-3-2-8(14)6-9(10)15/h2-3,6,11,17H,4-5,7H2,1H3,(H,16,20)(H,18,21). The maximum absolute atomic E-state index is 13.5. The van der Waals surface area contributed by atoms with Crippen LogP contribution in [0.15, 0.2) is 18.2 Å². The van der Waals surface area contributed by atoms with Crippen LogP contribution in [0.25, 0.3) is 0 Å². The van der Waals surface area contributed by atoms with E-state index in [9.17, 15) is 18.4 Å². The molecule has 6 nitrogen and oxygen atoms in total. The fourth-order valence-electron chi connectivity index (χ4n) is 2.13. The molecule has 0 radical (unpaired) electrons. The van der Waals surface area contributed by atoms with Gasteiger partial charge in [0.15, 0.2) is 0 Å². The lowest BCUT2D eigenvalue weighted by Gasteiger charge is -2.34. The summed E-state index contributed by atoms with van der Waals surface area (Å²) in [6, 6.07) is 1.60. The first kappa shape index (κ1) is 15.2. The van der Waals surface area contributed by atoms with E-state index in [1.165, 1.54) is 11.9 Å². The fraction of sp³-hybridized carbons (Fsp3) is 0.385. The van der Waals surface area contributed by atoms with Crippen molar-refractivity contribution >= 4 is 17.6 Å². The van der Waals surface area contributed by atoms with Crippen LogP contribution in [-0.4, -0.2) is 49.6 Å². The normalized spacial score (nSPS) is 18.2. The summed E-state index contributed by atoms with van der Waals surface area (Å²) >= 11 is 0. The second kappa shape index (κ2) is 6.49. The number of piperazine rings is 1. The minimum absolute atomic E-state index is 0.129. The Morgan fingerprint density at radius 3 is 2.81 bits per heavy atom. The Bertz CT molecular complexity index is 553. The first-order valence-corrected chi connectivity index (χ1v) is 6.48. The fourth-order valence-corrected chi connectivity index (χ4v) is 2.13. The van der Waals surface area contributed by atoms with Gasteiger partial charge >= 0.3 is 6.03 Å². The molecular weight excluding hydrogens is 282 g/mol. The topological polar surface area (TPSA) is 73.5 Å². The van der Waals surface area contributed by atoms with Gasteiger partial charge in [-0.3, -0.25) is 4.79 Å². The predicted octanol–water partition coefficient (Wildman–Crippen LogP) is 0.516. The number of nitrogens with zero attached hydrogens (tertiary/aromatic N) is 1. The third-order valence-corrected chi connectivity index (χ3v) is 3.23. The van der Waals surface area contributed by atoms with Gasteiger partial charge in [-0.2, -0.15) is 0 Å². The van der Waals surface area contributed by atoms with Gasteiger partial charge in [0.1, 0.15) is 17.7 Å². The molecule has 1 atom stereocenters. The molecule has 1 fully saturated rings. The van der Waals surface area contributed by atoms with E-state index < -0.39 is 23.7 Å². The van der Waals surface area contributed by atoms with E-state index in [-0.39, 0.29) is 11.6 Å². The first-order valence-electron chi connectivity index (χ1n) is 6.48. The van der Waals surface area contributed by atoms with Crippen LogP contribution in [0.1, 0.15) is 0 Å². The lowest BCUT2D eigenvalue weighted by Crippen LogP contribution is -2.60. The maximum Gasteiger partial charge on any atom is 0.322 e. The molecule has 0 spiro atoms. The molecule has 0 saturated carbocycles. The summed E-state index contributed by atoms with van der Waals surface area (Å²) < 4.78 is 26.4. The van der Waals surface area contributed by atoms with Gasteiger partial charge in [-0.15, -0.1) is 0 Å². The second-order valence-corrected chi connectivity index (χ2v) is 4.58. The number of anilines is 1. The molecule has 0 aliphatic carbocycles. The van der Waals surface area contributed by atoms with Crippen LogP contribution in [0.5, 0.6) is 0 Å². The molecule has 114 valence electrons.